The molecule has 2 aromatic rings. The summed E-state index contributed by atoms with van der Waals surface area (Å²) in [6, 6.07) is 9.34. The molecule has 2 rings (SSSR count). The Bertz CT molecular complexity index is 946. The lowest BCUT2D eigenvalue weighted by molar-refractivity contribution is -0.384. The molecule has 2 N–H and O–H groups in total. The summed E-state index contributed by atoms with van der Waals surface area (Å²) in [7, 11) is 0. The highest BCUT2D eigenvalue weighted by Gasteiger charge is 2.18. The number of carbonyl (C=O) groups is 2. The molecular weight excluding hydrogens is 384 g/mol. The number of ether oxygens (including phenoxy) is 1. The lowest BCUT2D eigenvalue weighted by Crippen LogP contribution is -2.29. The molecule has 0 radical (unpaired) electrons. The van der Waals surface area contributed by atoms with E-state index in [4.69, 9.17) is 4.74 Å². The zero-order valence-corrected chi connectivity index (χ0v) is 15.4. The van der Waals surface area contributed by atoms with E-state index in [-0.39, 0.29) is 36.5 Å². The number of esters is 1. The minimum absolute atomic E-state index is 0.0760. The van der Waals surface area contributed by atoms with Crippen LogP contribution in [-0.2, 0) is 4.74 Å². The van der Waals surface area contributed by atoms with E-state index >= 15 is 0 Å². The van der Waals surface area contributed by atoms with Gasteiger partial charge < -0.3 is 15.4 Å². The van der Waals surface area contributed by atoms with Crippen molar-refractivity contribution in [3.8, 4) is 0 Å². The van der Waals surface area contributed by atoms with E-state index in [9.17, 15) is 29.8 Å². The number of nitrogens with one attached hydrogen (secondary N) is 2. The molecule has 0 aromatic heterocycles. The SMILES string of the molecule is CCOC(=O)c1cc(C(=O)NCCNc2ccccc2[N+](=O)[O-])cc([N+](=O)[O-])c1. The third kappa shape index (κ3) is 5.73. The zero-order valence-electron chi connectivity index (χ0n) is 15.4. The highest BCUT2D eigenvalue weighted by Crippen LogP contribution is 2.22. The Morgan fingerprint density at radius 1 is 1.00 bits per heavy atom. The lowest BCUT2D eigenvalue weighted by Gasteiger charge is -2.09. The van der Waals surface area contributed by atoms with Gasteiger partial charge in [0.2, 0.25) is 0 Å². The van der Waals surface area contributed by atoms with Crippen LogP contribution in [0.15, 0.2) is 42.5 Å². The summed E-state index contributed by atoms with van der Waals surface area (Å²) in [6.07, 6.45) is 0. The molecule has 0 atom stereocenters. The molecule has 0 spiro atoms. The predicted molar refractivity (Wildman–Crippen MR) is 103 cm³/mol. The summed E-state index contributed by atoms with van der Waals surface area (Å²) in [4.78, 5) is 45.0. The molecule has 1 amide bonds. The standard InChI is InChI=1S/C18H18N4O7/c1-2-29-18(24)13-9-12(10-14(11-13)21(25)26)17(23)20-8-7-19-15-5-3-4-6-16(15)22(27)28/h3-6,9-11,19H,2,7-8H2,1H3,(H,20,23). The van der Waals surface area contributed by atoms with E-state index in [1.54, 1.807) is 13.0 Å². The van der Waals surface area contributed by atoms with Crippen LogP contribution in [-0.4, -0.2) is 41.4 Å². The largest absolute Gasteiger partial charge is 0.462 e. The molecule has 0 saturated carbocycles. The first-order valence-corrected chi connectivity index (χ1v) is 8.55. The number of amides is 1. The molecule has 0 aliphatic rings. The number of carbonyl (C=O) groups excluding carboxylic acids is 2. The Hall–Kier alpha value is -4.02. The van der Waals surface area contributed by atoms with Crippen molar-refractivity contribution in [3.05, 3.63) is 73.8 Å². The van der Waals surface area contributed by atoms with Crippen LogP contribution >= 0.6 is 0 Å². The zero-order chi connectivity index (χ0) is 21.4. The van der Waals surface area contributed by atoms with Crippen LogP contribution in [0.5, 0.6) is 0 Å². The molecule has 0 heterocycles. The van der Waals surface area contributed by atoms with E-state index in [1.807, 2.05) is 0 Å². The number of non-ortho nitro benzene ring substituents is 1. The fourth-order valence-corrected chi connectivity index (χ4v) is 2.44. The second kappa shape index (κ2) is 9.78. The van der Waals surface area contributed by atoms with Crippen LogP contribution < -0.4 is 10.6 Å². The normalized spacial score (nSPS) is 10.1. The third-order valence-electron chi connectivity index (χ3n) is 3.73. The Morgan fingerprint density at radius 3 is 2.34 bits per heavy atom. The van der Waals surface area contributed by atoms with Crippen LogP contribution in [0.3, 0.4) is 0 Å². The molecular formula is C18H18N4O7. The second-order valence-corrected chi connectivity index (χ2v) is 5.70. The van der Waals surface area contributed by atoms with Crippen molar-refractivity contribution in [2.75, 3.05) is 25.0 Å². The minimum Gasteiger partial charge on any atom is -0.462 e. The number of hydrogen-bond donors (Lipinski definition) is 2. The molecule has 11 nitrogen and oxygen atoms in total. The monoisotopic (exact) mass is 402 g/mol. The van der Waals surface area contributed by atoms with Crippen molar-refractivity contribution in [2.45, 2.75) is 6.92 Å². The van der Waals surface area contributed by atoms with Crippen molar-refractivity contribution in [1.82, 2.24) is 5.32 Å². The fraction of sp³-hybridized carbons (Fsp3) is 0.222. The minimum atomic E-state index is -0.775. The number of rotatable bonds is 9. The van der Waals surface area contributed by atoms with Crippen LogP contribution in [0.1, 0.15) is 27.6 Å². The number of hydrogen-bond acceptors (Lipinski definition) is 8. The van der Waals surface area contributed by atoms with Gasteiger partial charge >= 0.3 is 5.97 Å². The van der Waals surface area contributed by atoms with Crippen LogP contribution in [0.25, 0.3) is 0 Å². The van der Waals surface area contributed by atoms with Gasteiger partial charge in [0.25, 0.3) is 17.3 Å². The molecule has 0 saturated heterocycles. The second-order valence-electron chi connectivity index (χ2n) is 5.70. The van der Waals surface area contributed by atoms with Gasteiger partial charge in [-0.15, -0.1) is 0 Å². The maximum absolute atomic E-state index is 12.3. The molecule has 29 heavy (non-hydrogen) atoms. The van der Waals surface area contributed by atoms with E-state index in [1.165, 1.54) is 24.3 Å². The van der Waals surface area contributed by atoms with Gasteiger partial charge in [-0.05, 0) is 19.1 Å². The van der Waals surface area contributed by atoms with E-state index in [0.717, 1.165) is 12.1 Å². The first-order valence-electron chi connectivity index (χ1n) is 8.55. The maximum atomic E-state index is 12.3. The Labute approximate surface area is 165 Å². The number of anilines is 1. The molecule has 152 valence electrons. The van der Waals surface area contributed by atoms with Crippen molar-refractivity contribution >= 4 is 28.9 Å². The van der Waals surface area contributed by atoms with Crippen molar-refractivity contribution < 1.29 is 24.2 Å². The topological polar surface area (TPSA) is 154 Å². The first kappa shape index (κ1) is 21.3. The van der Waals surface area contributed by atoms with Gasteiger partial charge in [0.15, 0.2) is 0 Å². The number of nitro benzene ring substituents is 2. The average molecular weight is 402 g/mol. The molecule has 0 fully saturated rings. The molecule has 2 aromatic carbocycles. The van der Waals surface area contributed by atoms with Gasteiger partial charge in [-0.2, -0.15) is 0 Å². The summed E-state index contributed by atoms with van der Waals surface area (Å²) in [6.45, 7) is 1.94. The Balaban J connectivity index is 2.04. The van der Waals surface area contributed by atoms with Gasteiger partial charge in [-0.25, -0.2) is 4.79 Å². The summed E-state index contributed by atoms with van der Waals surface area (Å²) in [5, 5.41) is 27.4. The van der Waals surface area contributed by atoms with Crippen molar-refractivity contribution in [1.29, 1.82) is 0 Å². The maximum Gasteiger partial charge on any atom is 0.338 e. The quantitative estimate of drug-likeness (QED) is 0.281. The van der Waals surface area contributed by atoms with Crippen LogP contribution in [0.2, 0.25) is 0 Å². The average Bonchev–Trinajstić information content (AvgIpc) is 2.71. The highest BCUT2D eigenvalue weighted by molar-refractivity contribution is 5.99. The number of nitrogens with zero attached hydrogens (tertiary/aromatic N) is 2. The lowest BCUT2D eigenvalue weighted by atomic mass is 10.1. The summed E-state index contributed by atoms with van der Waals surface area (Å²) in [5.41, 5.74) is -0.404. The predicted octanol–water partition coefficient (Wildman–Crippen LogP) is 2.52. The summed E-state index contributed by atoms with van der Waals surface area (Å²) in [5.74, 6) is -1.41. The van der Waals surface area contributed by atoms with Crippen LogP contribution in [0, 0.1) is 20.2 Å². The van der Waals surface area contributed by atoms with Gasteiger partial charge in [0.1, 0.15) is 5.69 Å². The Morgan fingerprint density at radius 2 is 1.69 bits per heavy atom. The number of benzene rings is 2. The number of nitro groups is 2. The highest BCUT2D eigenvalue weighted by atomic mass is 16.6. The van der Waals surface area contributed by atoms with Crippen LogP contribution in [0.4, 0.5) is 17.1 Å². The smallest absolute Gasteiger partial charge is 0.338 e. The van der Waals surface area contributed by atoms with Gasteiger partial charge in [0.05, 0.1) is 22.0 Å². The summed E-state index contributed by atoms with van der Waals surface area (Å²) < 4.78 is 4.82. The third-order valence-corrected chi connectivity index (χ3v) is 3.73. The van der Waals surface area contributed by atoms with Crippen molar-refractivity contribution in [3.63, 3.8) is 0 Å². The molecule has 0 bridgehead atoms. The van der Waals surface area contributed by atoms with Gasteiger partial charge in [-0.1, -0.05) is 12.1 Å². The molecule has 0 aliphatic heterocycles. The molecule has 0 aliphatic carbocycles. The number of para-hydroxylation sites is 2. The fourth-order valence-electron chi connectivity index (χ4n) is 2.44. The summed E-state index contributed by atoms with van der Waals surface area (Å²) >= 11 is 0. The molecule has 0 unspecified atom stereocenters. The van der Waals surface area contributed by atoms with E-state index in [2.05, 4.69) is 10.6 Å². The van der Waals surface area contributed by atoms with Crippen molar-refractivity contribution in [2.24, 2.45) is 0 Å². The van der Waals surface area contributed by atoms with E-state index in [0.29, 0.717) is 5.69 Å². The van der Waals surface area contributed by atoms with Gasteiger partial charge in [0, 0.05) is 36.9 Å². The first-order chi connectivity index (χ1) is 13.8. The molecule has 11 heteroatoms. The van der Waals surface area contributed by atoms with Gasteiger partial charge in [-0.3, -0.25) is 25.0 Å². The van der Waals surface area contributed by atoms with E-state index < -0.39 is 27.4 Å². The Kier molecular flexibility index (Phi) is 7.18.